The number of aromatic nitrogens is 1. The van der Waals surface area contributed by atoms with Gasteiger partial charge in [-0.25, -0.2) is 9.78 Å². The van der Waals surface area contributed by atoms with E-state index in [4.69, 9.17) is 21.1 Å². The van der Waals surface area contributed by atoms with E-state index in [1.807, 2.05) is 34.5 Å². The van der Waals surface area contributed by atoms with Crippen LogP contribution < -0.4 is 4.74 Å². The van der Waals surface area contributed by atoms with Crippen LogP contribution in [0.4, 0.5) is 4.79 Å². The summed E-state index contributed by atoms with van der Waals surface area (Å²) in [4.78, 5) is 18.2. The molecule has 7 heteroatoms. The lowest BCUT2D eigenvalue weighted by molar-refractivity contribution is 0.0985. The van der Waals surface area contributed by atoms with Crippen molar-refractivity contribution in [2.24, 2.45) is 11.8 Å². The molecule has 1 aromatic heterocycles. The van der Waals surface area contributed by atoms with E-state index in [9.17, 15) is 4.79 Å². The van der Waals surface area contributed by atoms with Gasteiger partial charge in [-0.05, 0) is 48.9 Å². The van der Waals surface area contributed by atoms with Crippen LogP contribution in [0.5, 0.6) is 5.75 Å². The van der Waals surface area contributed by atoms with Gasteiger partial charge in [-0.1, -0.05) is 11.6 Å². The second-order valence-corrected chi connectivity index (χ2v) is 7.99. The van der Waals surface area contributed by atoms with Crippen molar-refractivity contribution in [3.05, 3.63) is 45.9 Å². The van der Waals surface area contributed by atoms with Crippen molar-refractivity contribution in [2.45, 2.75) is 25.6 Å². The van der Waals surface area contributed by atoms with Crippen LogP contribution in [0.15, 0.2) is 35.8 Å². The van der Waals surface area contributed by atoms with E-state index in [1.54, 1.807) is 6.20 Å². The normalized spacial score (nSPS) is 25.0. The molecule has 1 saturated heterocycles. The largest absolute Gasteiger partial charge is 0.490 e. The van der Waals surface area contributed by atoms with Gasteiger partial charge in [-0.15, -0.1) is 11.3 Å². The van der Waals surface area contributed by atoms with E-state index in [1.165, 1.54) is 11.3 Å². The fourth-order valence-corrected chi connectivity index (χ4v) is 4.39. The smallest absolute Gasteiger partial charge is 0.410 e. The fraction of sp³-hybridized carbons (Fsp3) is 0.444. The highest BCUT2D eigenvalue weighted by atomic mass is 35.5. The Labute approximate surface area is 155 Å². The second kappa shape index (κ2) is 7.22. The summed E-state index contributed by atoms with van der Waals surface area (Å²) in [5.74, 6) is 1.84. The summed E-state index contributed by atoms with van der Waals surface area (Å²) in [6.07, 6.45) is 3.64. The van der Waals surface area contributed by atoms with Crippen LogP contribution in [-0.2, 0) is 11.3 Å². The molecule has 1 saturated carbocycles. The van der Waals surface area contributed by atoms with Crippen molar-refractivity contribution >= 4 is 29.0 Å². The quantitative estimate of drug-likeness (QED) is 0.799. The van der Waals surface area contributed by atoms with Crippen LogP contribution in [0, 0.1) is 11.8 Å². The Morgan fingerprint density at radius 2 is 1.96 bits per heavy atom. The SMILES string of the molecule is O=C(OCc1nccs1)N1C[C@H]2C[C@@H](Oc3ccc(Cl)cc3)C[C@H]2C1. The molecule has 2 fully saturated rings. The van der Waals surface area contributed by atoms with Crippen LogP contribution in [0.1, 0.15) is 17.8 Å². The summed E-state index contributed by atoms with van der Waals surface area (Å²) in [6, 6.07) is 7.48. The van der Waals surface area contributed by atoms with Gasteiger partial charge in [0.1, 0.15) is 17.4 Å². The van der Waals surface area contributed by atoms with Gasteiger partial charge in [0.2, 0.25) is 0 Å². The molecule has 3 atom stereocenters. The lowest BCUT2D eigenvalue weighted by atomic mass is 10.0. The van der Waals surface area contributed by atoms with E-state index >= 15 is 0 Å². The molecular formula is C18H19ClN2O3S. The number of carbonyl (C=O) groups excluding carboxylic acids is 1. The highest BCUT2D eigenvalue weighted by molar-refractivity contribution is 7.09. The first kappa shape index (κ1) is 16.7. The lowest BCUT2D eigenvalue weighted by Crippen LogP contribution is -2.31. The lowest BCUT2D eigenvalue weighted by Gasteiger charge is -2.19. The van der Waals surface area contributed by atoms with Gasteiger partial charge in [0.15, 0.2) is 0 Å². The summed E-state index contributed by atoms with van der Waals surface area (Å²) in [5.41, 5.74) is 0. The van der Waals surface area contributed by atoms with Crippen molar-refractivity contribution in [2.75, 3.05) is 13.1 Å². The number of nitrogens with zero attached hydrogens (tertiary/aromatic N) is 2. The van der Waals surface area contributed by atoms with E-state index in [2.05, 4.69) is 4.98 Å². The Hall–Kier alpha value is -1.79. The van der Waals surface area contributed by atoms with E-state index in [-0.39, 0.29) is 18.8 Å². The molecular weight excluding hydrogens is 360 g/mol. The standard InChI is InChI=1S/C18H19ClN2O3S/c19-14-1-3-15(4-2-14)24-16-7-12-9-21(10-13(12)8-16)18(22)23-11-17-20-5-6-25-17/h1-6,12-13,16H,7-11H2/t12-,13+,16-. The van der Waals surface area contributed by atoms with Crippen LogP contribution in [0.3, 0.4) is 0 Å². The zero-order valence-corrected chi connectivity index (χ0v) is 15.2. The minimum atomic E-state index is -0.236. The van der Waals surface area contributed by atoms with Crippen LogP contribution in [0.2, 0.25) is 5.02 Å². The number of rotatable bonds is 4. The fourth-order valence-electron chi connectivity index (χ4n) is 3.73. The number of thiazole rings is 1. The maximum absolute atomic E-state index is 12.2. The van der Waals surface area contributed by atoms with Gasteiger partial charge in [0, 0.05) is 29.7 Å². The molecule has 25 heavy (non-hydrogen) atoms. The molecule has 2 aliphatic rings. The van der Waals surface area contributed by atoms with Crippen LogP contribution in [0.25, 0.3) is 0 Å². The van der Waals surface area contributed by atoms with Crippen molar-refractivity contribution in [1.29, 1.82) is 0 Å². The number of carbonyl (C=O) groups is 1. The number of amides is 1. The van der Waals surface area contributed by atoms with Crippen LogP contribution in [-0.4, -0.2) is 35.2 Å². The highest BCUT2D eigenvalue weighted by Crippen LogP contribution is 2.40. The average Bonchev–Trinajstić information content (AvgIpc) is 3.31. The first-order valence-corrected chi connectivity index (χ1v) is 9.65. The molecule has 0 radical (unpaired) electrons. The number of halogens is 1. The molecule has 5 nitrogen and oxygen atoms in total. The Morgan fingerprint density at radius 1 is 1.24 bits per heavy atom. The molecule has 1 aromatic carbocycles. The summed E-state index contributed by atoms with van der Waals surface area (Å²) in [6.45, 7) is 1.76. The first-order valence-electron chi connectivity index (χ1n) is 8.39. The molecule has 1 amide bonds. The predicted octanol–water partition coefficient (Wildman–Crippen LogP) is 4.22. The average molecular weight is 379 g/mol. The first-order chi connectivity index (χ1) is 12.2. The number of fused-ring (bicyclic) bond motifs is 1. The molecule has 0 bridgehead atoms. The third-order valence-corrected chi connectivity index (χ3v) is 5.89. The van der Waals surface area contributed by atoms with Gasteiger partial charge in [0.25, 0.3) is 0 Å². The van der Waals surface area contributed by atoms with E-state index in [0.717, 1.165) is 36.7 Å². The number of likely N-dealkylation sites (tertiary alicyclic amines) is 1. The van der Waals surface area contributed by atoms with Crippen molar-refractivity contribution in [3.8, 4) is 5.75 Å². The Morgan fingerprint density at radius 3 is 2.60 bits per heavy atom. The minimum absolute atomic E-state index is 0.213. The molecule has 4 rings (SSSR count). The van der Waals surface area contributed by atoms with Gasteiger partial charge < -0.3 is 14.4 Å². The number of benzene rings is 1. The summed E-state index contributed by atoms with van der Waals surface area (Å²) >= 11 is 7.40. The monoisotopic (exact) mass is 378 g/mol. The van der Waals surface area contributed by atoms with Crippen LogP contribution >= 0.6 is 22.9 Å². The van der Waals surface area contributed by atoms with Crippen molar-refractivity contribution in [3.63, 3.8) is 0 Å². The molecule has 0 spiro atoms. The Kier molecular flexibility index (Phi) is 4.81. The molecule has 0 unspecified atom stereocenters. The van der Waals surface area contributed by atoms with Gasteiger partial charge in [-0.2, -0.15) is 0 Å². The highest BCUT2D eigenvalue weighted by Gasteiger charge is 2.43. The molecule has 132 valence electrons. The second-order valence-electron chi connectivity index (χ2n) is 6.57. The minimum Gasteiger partial charge on any atom is -0.490 e. The maximum atomic E-state index is 12.2. The zero-order chi connectivity index (χ0) is 17.2. The Bertz CT molecular complexity index is 708. The van der Waals surface area contributed by atoms with Gasteiger partial charge in [0.05, 0.1) is 6.10 Å². The molecule has 0 N–H and O–H groups in total. The third kappa shape index (κ3) is 3.90. The summed E-state index contributed by atoms with van der Waals surface area (Å²) in [7, 11) is 0. The molecule has 2 aromatic rings. The molecule has 1 aliphatic carbocycles. The Balaban J connectivity index is 1.25. The number of hydrogen-bond donors (Lipinski definition) is 0. The number of ether oxygens (including phenoxy) is 2. The zero-order valence-electron chi connectivity index (χ0n) is 13.6. The summed E-state index contributed by atoms with van der Waals surface area (Å²) < 4.78 is 11.4. The molecule has 1 aliphatic heterocycles. The van der Waals surface area contributed by atoms with Crippen molar-refractivity contribution < 1.29 is 14.3 Å². The van der Waals surface area contributed by atoms with E-state index < -0.39 is 0 Å². The molecule has 2 heterocycles. The summed E-state index contributed by atoms with van der Waals surface area (Å²) in [5, 5.41) is 3.41. The predicted molar refractivity (Wildman–Crippen MR) is 96.0 cm³/mol. The van der Waals surface area contributed by atoms with Gasteiger partial charge in [-0.3, -0.25) is 0 Å². The van der Waals surface area contributed by atoms with Gasteiger partial charge >= 0.3 is 6.09 Å². The third-order valence-electron chi connectivity index (χ3n) is 4.88. The maximum Gasteiger partial charge on any atom is 0.410 e. The van der Waals surface area contributed by atoms with E-state index in [0.29, 0.717) is 16.9 Å². The van der Waals surface area contributed by atoms with Crippen molar-refractivity contribution in [1.82, 2.24) is 9.88 Å². The topological polar surface area (TPSA) is 51.7 Å². The number of hydrogen-bond acceptors (Lipinski definition) is 5.